The topological polar surface area (TPSA) is 87.7 Å². The van der Waals surface area contributed by atoms with Crippen molar-refractivity contribution in [3.05, 3.63) is 0 Å². The van der Waals surface area contributed by atoms with Gasteiger partial charge in [-0.3, -0.25) is 4.79 Å². The minimum absolute atomic E-state index is 0.0396. The molecule has 5 nitrogen and oxygen atoms in total. The molecule has 0 heterocycles. The van der Waals surface area contributed by atoms with E-state index in [1.807, 2.05) is 0 Å². The highest BCUT2D eigenvalue weighted by molar-refractivity contribution is 6.01. The van der Waals surface area contributed by atoms with Crippen molar-refractivity contribution in [2.75, 3.05) is 6.54 Å². The Balaban J connectivity index is 2.27. The third-order valence-corrected chi connectivity index (χ3v) is 4.06. The minimum Gasteiger partial charge on any atom is -0.409 e. The van der Waals surface area contributed by atoms with Gasteiger partial charge < -0.3 is 16.3 Å². The second-order valence-electron chi connectivity index (χ2n) is 5.29. The molecule has 0 bridgehead atoms. The Morgan fingerprint density at radius 2 is 1.94 bits per heavy atom. The number of hydrogen-bond donors (Lipinski definition) is 3. The van der Waals surface area contributed by atoms with E-state index >= 15 is 0 Å². The smallest absolute Gasteiger partial charge is 0.230 e. The summed E-state index contributed by atoms with van der Waals surface area (Å²) in [5.74, 6) is 0.677. The average molecular weight is 255 g/mol. The van der Waals surface area contributed by atoms with E-state index in [1.54, 1.807) is 6.92 Å². The van der Waals surface area contributed by atoms with E-state index in [4.69, 9.17) is 10.9 Å². The molecule has 1 atom stereocenters. The first-order chi connectivity index (χ1) is 8.58. The number of nitrogens with zero attached hydrogens (tertiary/aromatic N) is 1. The molecule has 0 aliphatic heterocycles. The molecule has 4 N–H and O–H groups in total. The third-order valence-electron chi connectivity index (χ3n) is 4.06. The molecule has 0 aromatic heterocycles. The summed E-state index contributed by atoms with van der Waals surface area (Å²) in [6.07, 6.45) is 6.19. The average Bonchev–Trinajstić information content (AvgIpc) is 2.43. The predicted octanol–water partition coefficient (Wildman–Crippen LogP) is 1.70. The van der Waals surface area contributed by atoms with E-state index in [2.05, 4.69) is 17.4 Å². The van der Waals surface area contributed by atoms with Gasteiger partial charge in [0.1, 0.15) is 0 Å². The summed E-state index contributed by atoms with van der Waals surface area (Å²) in [4.78, 5) is 11.7. The molecule has 1 aliphatic rings. The molecule has 0 radical (unpaired) electrons. The van der Waals surface area contributed by atoms with Gasteiger partial charge >= 0.3 is 0 Å². The summed E-state index contributed by atoms with van der Waals surface area (Å²) >= 11 is 0. The molecular formula is C13H25N3O2. The number of carbonyl (C=O) groups excluding carboxylic acids is 1. The molecule has 0 aromatic carbocycles. The lowest BCUT2D eigenvalue weighted by atomic mass is 9.81. The molecule has 1 fully saturated rings. The Morgan fingerprint density at radius 1 is 1.39 bits per heavy atom. The number of carbonyl (C=O) groups is 1. The molecule has 1 aliphatic carbocycles. The lowest BCUT2D eigenvalue weighted by molar-refractivity contribution is -0.122. The van der Waals surface area contributed by atoms with E-state index < -0.39 is 5.92 Å². The number of oxime groups is 1. The van der Waals surface area contributed by atoms with Gasteiger partial charge in [0.2, 0.25) is 5.91 Å². The van der Waals surface area contributed by atoms with E-state index in [0.717, 1.165) is 5.92 Å². The number of amides is 1. The number of rotatable bonds is 5. The van der Waals surface area contributed by atoms with Gasteiger partial charge in [-0.05, 0) is 31.6 Å². The highest BCUT2D eigenvalue weighted by Crippen LogP contribution is 2.30. The highest BCUT2D eigenvalue weighted by Gasteiger charge is 2.22. The van der Waals surface area contributed by atoms with Crippen molar-refractivity contribution in [3.63, 3.8) is 0 Å². The van der Waals surface area contributed by atoms with Crippen LogP contribution in [0.1, 0.15) is 46.0 Å². The second-order valence-corrected chi connectivity index (χ2v) is 5.29. The van der Waals surface area contributed by atoms with E-state index in [1.165, 1.54) is 32.1 Å². The van der Waals surface area contributed by atoms with Crippen LogP contribution in [-0.4, -0.2) is 23.5 Å². The van der Waals surface area contributed by atoms with Crippen LogP contribution in [-0.2, 0) is 4.79 Å². The van der Waals surface area contributed by atoms with Crippen molar-refractivity contribution < 1.29 is 10.0 Å². The maximum Gasteiger partial charge on any atom is 0.230 e. The van der Waals surface area contributed by atoms with Gasteiger partial charge in [-0.1, -0.05) is 31.3 Å². The van der Waals surface area contributed by atoms with Crippen molar-refractivity contribution in [1.29, 1.82) is 0 Å². The Hall–Kier alpha value is -1.26. The van der Waals surface area contributed by atoms with Crippen molar-refractivity contribution in [2.24, 2.45) is 28.6 Å². The van der Waals surface area contributed by atoms with Crippen LogP contribution in [0.4, 0.5) is 0 Å². The third kappa shape index (κ3) is 4.20. The first-order valence-corrected chi connectivity index (χ1v) is 6.83. The fourth-order valence-corrected chi connectivity index (χ4v) is 2.46. The van der Waals surface area contributed by atoms with Gasteiger partial charge in [-0.2, -0.15) is 0 Å². The first kappa shape index (κ1) is 14.8. The molecule has 5 heteroatoms. The molecule has 0 spiro atoms. The van der Waals surface area contributed by atoms with Gasteiger partial charge in [0.15, 0.2) is 5.84 Å². The van der Waals surface area contributed by atoms with Gasteiger partial charge in [-0.25, -0.2) is 0 Å². The van der Waals surface area contributed by atoms with Crippen molar-refractivity contribution in [3.8, 4) is 0 Å². The van der Waals surface area contributed by atoms with Crippen LogP contribution in [0.15, 0.2) is 5.16 Å². The maximum atomic E-state index is 11.7. The summed E-state index contributed by atoms with van der Waals surface area (Å²) in [7, 11) is 0. The lowest BCUT2D eigenvalue weighted by Crippen LogP contribution is -2.39. The van der Waals surface area contributed by atoms with Gasteiger partial charge in [-0.15, -0.1) is 0 Å². The zero-order valence-electron chi connectivity index (χ0n) is 11.4. The summed E-state index contributed by atoms with van der Waals surface area (Å²) in [5.41, 5.74) is 5.40. The van der Waals surface area contributed by atoms with Crippen molar-refractivity contribution >= 4 is 11.7 Å². The molecular weight excluding hydrogens is 230 g/mol. The summed E-state index contributed by atoms with van der Waals surface area (Å²) in [6, 6.07) is 0. The number of nitrogens with two attached hydrogens (primary N) is 1. The van der Waals surface area contributed by atoms with Crippen LogP contribution >= 0.6 is 0 Å². The zero-order chi connectivity index (χ0) is 13.5. The molecule has 0 aromatic rings. The molecule has 104 valence electrons. The predicted molar refractivity (Wildman–Crippen MR) is 71.3 cm³/mol. The van der Waals surface area contributed by atoms with Crippen LogP contribution in [0.5, 0.6) is 0 Å². The standard InChI is InChI=1S/C13H25N3O2/c1-3-10-4-6-11(7-5-10)8-15-13(17)9(2)12(14)16-18/h9-11,18H,3-8H2,1-2H3,(H2,14,16)(H,15,17). The van der Waals surface area contributed by atoms with E-state index in [0.29, 0.717) is 12.5 Å². The Kier molecular flexibility index (Phi) is 5.95. The van der Waals surface area contributed by atoms with Crippen molar-refractivity contribution in [2.45, 2.75) is 46.0 Å². The normalized spacial score (nSPS) is 26.7. The monoisotopic (exact) mass is 255 g/mol. The zero-order valence-corrected chi connectivity index (χ0v) is 11.4. The van der Waals surface area contributed by atoms with Crippen molar-refractivity contribution in [1.82, 2.24) is 5.32 Å². The Morgan fingerprint density at radius 3 is 2.44 bits per heavy atom. The minimum atomic E-state index is -0.568. The summed E-state index contributed by atoms with van der Waals surface area (Å²) < 4.78 is 0. The number of amidine groups is 1. The fourth-order valence-electron chi connectivity index (χ4n) is 2.46. The van der Waals surface area contributed by atoms with Gasteiger partial charge in [0.05, 0.1) is 5.92 Å². The molecule has 18 heavy (non-hydrogen) atoms. The largest absolute Gasteiger partial charge is 0.409 e. The maximum absolute atomic E-state index is 11.7. The van der Waals surface area contributed by atoms with Crippen LogP contribution in [0.2, 0.25) is 0 Å². The van der Waals surface area contributed by atoms with Gasteiger partial charge in [0, 0.05) is 6.54 Å². The molecule has 1 amide bonds. The fraction of sp³-hybridized carbons (Fsp3) is 0.846. The summed E-state index contributed by atoms with van der Waals surface area (Å²) in [6.45, 7) is 4.59. The first-order valence-electron chi connectivity index (χ1n) is 6.83. The number of hydrogen-bond acceptors (Lipinski definition) is 3. The molecule has 1 unspecified atom stereocenters. The second kappa shape index (κ2) is 7.24. The van der Waals surface area contributed by atoms with E-state index in [-0.39, 0.29) is 11.7 Å². The van der Waals surface area contributed by atoms with Crippen LogP contribution in [0.3, 0.4) is 0 Å². The molecule has 1 rings (SSSR count). The quantitative estimate of drug-likeness (QED) is 0.302. The highest BCUT2D eigenvalue weighted by atomic mass is 16.4. The van der Waals surface area contributed by atoms with E-state index in [9.17, 15) is 4.79 Å². The molecule has 1 saturated carbocycles. The summed E-state index contributed by atoms with van der Waals surface area (Å²) in [5, 5.41) is 14.3. The lowest BCUT2D eigenvalue weighted by Gasteiger charge is -2.28. The van der Waals surface area contributed by atoms with Crippen LogP contribution < -0.4 is 11.1 Å². The Bertz CT molecular complexity index is 297. The molecule has 0 saturated heterocycles. The number of nitrogens with one attached hydrogen (secondary N) is 1. The Labute approximate surface area is 109 Å². The SMILES string of the molecule is CCC1CCC(CNC(=O)C(C)C(N)=NO)CC1. The van der Waals surface area contributed by atoms with Crippen LogP contribution in [0, 0.1) is 17.8 Å². The van der Waals surface area contributed by atoms with Crippen LogP contribution in [0.25, 0.3) is 0 Å². The van der Waals surface area contributed by atoms with Gasteiger partial charge in [0.25, 0.3) is 0 Å².